The number of fused-ring (bicyclic) bond motifs is 1. The highest BCUT2D eigenvalue weighted by Gasteiger charge is 2.39. The lowest BCUT2D eigenvalue weighted by molar-refractivity contribution is -0.136. The molecule has 2 fully saturated rings. The lowest BCUT2D eigenvalue weighted by atomic mass is 9.86. The second-order valence-corrected chi connectivity index (χ2v) is 9.00. The first-order chi connectivity index (χ1) is 15.2. The fourth-order valence-electron chi connectivity index (χ4n) is 5.03. The zero-order valence-corrected chi connectivity index (χ0v) is 17.7. The zero-order valence-electron chi connectivity index (χ0n) is 17.7. The number of rotatable bonds is 3. The SMILES string of the molecule is Cn1cc(-c2ccc3c(c2)CN(C2CCC(=O)NC2=O)C3=O)nc1C1CCC(F)(F)CC1. The second kappa shape index (κ2) is 7.50. The number of piperidine rings is 1. The molecule has 0 radical (unpaired) electrons. The molecule has 3 amide bonds. The highest BCUT2D eigenvalue weighted by Crippen LogP contribution is 2.41. The molecule has 0 bridgehead atoms. The van der Waals surface area contributed by atoms with Crippen molar-refractivity contribution < 1.29 is 23.2 Å². The molecule has 3 heterocycles. The number of imidazole rings is 1. The van der Waals surface area contributed by atoms with Crippen LogP contribution in [0.5, 0.6) is 0 Å². The molecular weight excluding hydrogens is 418 g/mol. The highest BCUT2D eigenvalue weighted by atomic mass is 19.3. The lowest BCUT2D eigenvalue weighted by Gasteiger charge is -2.29. The van der Waals surface area contributed by atoms with Crippen molar-refractivity contribution in [1.82, 2.24) is 19.8 Å². The van der Waals surface area contributed by atoms with Crippen LogP contribution >= 0.6 is 0 Å². The number of hydrogen-bond donors (Lipinski definition) is 1. The molecule has 0 spiro atoms. The van der Waals surface area contributed by atoms with Crippen LogP contribution in [0.15, 0.2) is 24.4 Å². The van der Waals surface area contributed by atoms with Crippen LogP contribution in [0.1, 0.15) is 66.2 Å². The molecule has 1 saturated carbocycles. The molecule has 2 aliphatic heterocycles. The Bertz CT molecular complexity index is 1120. The van der Waals surface area contributed by atoms with E-state index in [0.717, 1.165) is 22.6 Å². The summed E-state index contributed by atoms with van der Waals surface area (Å²) in [6.45, 7) is 0.297. The molecule has 2 aromatic rings. The van der Waals surface area contributed by atoms with Gasteiger partial charge in [-0.2, -0.15) is 0 Å². The smallest absolute Gasteiger partial charge is 0.255 e. The Balaban J connectivity index is 1.37. The van der Waals surface area contributed by atoms with Crippen molar-refractivity contribution in [2.24, 2.45) is 7.05 Å². The van der Waals surface area contributed by atoms with E-state index in [1.54, 1.807) is 6.07 Å². The van der Waals surface area contributed by atoms with E-state index < -0.39 is 17.9 Å². The summed E-state index contributed by atoms with van der Waals surface area (Å²) in [7, 11) is 1.88. The number of hydrogen-bond acceptors (Lipinski definition) is 4. The lowest BCUT2D eigenvalue weighted by Crippen LogP contribution is -2.52. The van der Waals surface area contributed by atoms with E-state index in [4.69, 9.17) is 4.98 Å². The number of nitrogens with zero attached hydrogens (tertiary/aromatic N) is 3. The first-order valence-electron chi connectivity index (χ1n) is 10.9. The van der Waals surface area contributed by atoms with Crippen molar-refractivity contribution in [2.75, 3.05) is 0 Å². The average molecular weight is 442 g/mol. The number of imide groups is 1. The molecule has 1 aromatic heterocycles. The summed E-state index contributed by atoms with van der Waals surface area (Å²) in [5, 5.41) is 2.30. The maximum atomic E-state index is 13.5. The van der Waals surface area contributed by atoms with Gasteiger partial charge in [0.25, 0.3) is 5.91 Å². The predicted octanol–water partition coefficient (Wildman–Crippen LogP) is 3.14. The van der Waals surface area contributed by atoms with Gasteiger partial charge < -0.3 is 9.47 Å². The van der Waals surface area contributed by atoms with Crippen molar-refractivity contribution in [3.05, 3.63) is 41.3 Å². The summed E-state index contributed by atoms with van der Waals surface area (Å²) in [6, 6.07) is 4.82. The third-order valence-corrected chi connectivity index (χ3v) is 6.81. The minimum Gasteiger partial charge on any atom is -0.337 e. The van der Waals surface area contributed by atoms with Crippen LogP contribution in [0.4, 0.5) is 8.78 Å². The maximum Gasteiger partial charge on any atom is 0.255 e. The number of aryl methyl sites for hydroxylation is 1. The number of alkyl halides is 2. The molecule has 1 aliphatic carbocycles. The normalized spacial score (nSPS) is 23.4. The average Bonchev–Trinajstić information content (AvgIpc) is 3.28. The van der Waals surface area contributed by atoms with E-state index in [1.165, 1.54) is 4.90 Å². The van der Waals surface area contributed by atoms with Gasteiger partial charge in [-0.25, -0.2) is 13.8 Å². The Labute approximate surface area is 183 Å². The Morgan fingerprint density at radius 3 is 2.59 bits per heavy atom. The van der Waals surface area contributed by atoms with E-state index >= 15 is 0 Å². The number of amides is 3. The van der Waals surface area contributed by atoms with Crippen LogP contribution in [-0.4, -0.2) is 44.1 Å². The van der Waals surface area contributed by atoms with E-state index in [2.05, 4.69) is 5.32 Å². The third kappa shape index (κ3) is 3.59. The molecule has 1 saturated heterocycles. The van der Waals surface area contributed by atoms with Crippen molar-refractivity contribution >= 4 is 17.7 Å². The Morgan fingerprint density at radius 2 is 1.88 bits per heavy atom. The number of nitrogens with one attached hydrogen (secondary N) is 1. The third-order valence-electron chi connectivity index (χ3n) is 6.81. The molecule has 168 valence electrons. The largest absolute Gasteiger partial charge is 0.337 e. The van der Waals surface area contributed by atoms with Crippen molar-refractivity contribution in [3.8, 4) is 11.3 Å². The molecule has 1 N–H and O–H groups in total. The summed E-state index contributed by atoms with van der Waals surface area (Å²) >= 11 is 0. The first-order valence-corrected chi connectivity index (χ1v) is 10.9. The van der Waals surface area contributed by atoms with Crippen molar-refractivity contribution in [3.63, 3.8) is 0 Å². The summed E-state index contributed by atoms with van der Waals surface area (Å²) in [5.74, 6) is -2.73. The van der Waals surface area contributed by atoms with Gasteiger partial charge in [0.1, 0.15) is 11.9 Å². The van der Waals surface area contributed by atoms with E-state index in [1.807, 2.05) is 29.9 Å². The maximum absolute atomic E-state index is 13.5. The number of carbonyl (C=O) groups is 3. The van der Waals surface area contributed by atoms with Crippen LogP contribution in [0, 0.1) is 0 Å². The second-order valence-electron chi connectivity index (χ2n) is 9.00. The molecular formula is C23H24F2N4O3. The fraction of sp³-hybridized carbons (Fsp3) is 0.478. The quantitative estimate of drug-likeness (QED) is 0.741. The summed E-state index contributed by atoms with van der Waals surface area (Å²) in [4.78, 5) is 42.8. The van der Waals surface area contributed by atoms with E-state index in [0.29, 0.717) is 31.4 Å². The molecule has 5 rings (SSSR count). The topological polar surface area (TPSA) is 84.3 Å². The van der Waals surface area contributed by atoms with Gasteiger partial charge in [0.05, 0.1) is 5.69 Å². The molecule has 1 aromatic carbocycles. The molecule has 1 atom stereocenters. The van der Waals surface area contributed by atoms with E-state index in [9.17, 15) is 23.2 Å². The summed E-state index contributed by atoms with van der Waals surface area (Å²) in [5.41, 5.74) is 2.92. The van der Waals surface area contributed by atoms with Gasteiger partial charge in [0.2, 0.25) is 17.7 Å². The predicted molar refractivity (Wildman–Crippen MR) is 111 cm³/mol. The van der Waals surface area contributed by atoms with Gasteiger partial charge in [0, 0.05) is 56.1 Å². The monoisotopic (exact) mass is 442 g/mol. The van der Waals surface area contributed by atoms with Gasteiger partial charge in [-0.3, -0.25) is 19.7 Å². The van der Waals surface area contributed by atoms with Crippen molar-refractivity contribution in [2.45, 2.75) is 63.0 Å². The minimum atomic E-state index is -2.58. The number of benzene rings is 1. The summed E-state index contributed by atoms with van der Waals surface area (Å²) in [6.07, 6.45) is 3.02. The van der Waals surface area contributed by atoms with Crippen molar-refractivity contribution in [1.29, 1.82) is 0 Å². The first kappa shape index (κ1) is 20.8. The Kier molecular flexibility index (Phi) is 4.87. The van der Waals surface area contributed by atoms with Crippen LogP contribution in [0.2, 0.25) is 0 Å². The Hall–Kier alpha value is -3.10. The van der Waals surface area contributed by atoms with Crippen LogP contribution in [0.3, 0.4) is 0 Å². The number of carbonyl (C=O) groups excluding carboxylic acids is 3. The molecule has 9 heteroatoms. The molecule has 3 aliphatic rings. The van der Waals surface area contributed by atoms with Crippen LogP contribution in [0.25, 0.3) is 11.3 Å². The summed E-state index contributed by atoms with van der Waals surface area (Å²) < 4.78 is 29.0. The fourth-order valence-corrected chi connectivity index (χ4v) is 5.03. The van der Waals surface area contributed by atoms with Gasteiger partial charge in [-0.1, -0.05) is 6.07 Å². The molecule has 1 unspecified atom stereocenters. The molecule has 32 heavy (non-hydrogen) atoms. The Morgan fingerprint density at radius 1 is 1.12 bits per heavy atom. The highest BCUT2D eigenvalue weighted by molar-refractivity contribution is 6.05. The standard InChI is InChI=1S/C23H24F2N4O3/c1-28-12-17(26-20(28)13-6-8-23(24,25)9-7-13)14-2-3-16-15(10-14)11-29(22(16)32)18-4-5-19(30)27-21(18)31/h2-3,10,12-13,18H,4-9,11H2,1H3,(H,27,30,31). The zero-order chi connectivity index (χ0) is 22.6. The van der Waals surface area contributed by atoms with Gasteiger partial charge in [0.15, 0.2) is 0 Å². The number of aromatic nitrogens is 2. The van der Waals surface area contributed by atoms with E-state index in [-0.39, 0.29) is 37.0 Å². The molecule has 7 nitrogen and oxygen atoms in total. The van der Waals surface area contributed by atoms with Gasteiger partial charge in [-0.05, 0) is 37.0 Å². The van der Waals surface area contributed by atoms with Crippen LogP contribution < -0.4 is 5.32 Å². The minimum absolute atomic E-state index is 0.00685. The van der Waals surface area contributed by atoms with Gasteiger partial charge in [-0.15, -0.1) is 0 Å². The van der Waals surface area contributed by atoms with Crippen LogP contribution in [-0.2, 0) is 23.2 Å². The van der Waals surface area contributed by atoms with Gasteiger partial charge >= 0.3 is 0 Å². The number of halogens is 2.